The molecule has 3 atom stereocenters. The van der Waals surface area contributed by atoms with Gasteiger partial charge in [-0.05, 0) is 43.5 Å². The fourth-order valence-corrected chi connectivity index (χ4v) is 5.19. The molecular weight excluding hydrogens is 432 g/mol. The van der Waals surface area contributed by atoms with Crippen molar-refractivity contribution in [2.75, 3.05) is 20.3 Å². The molecule has 2 bridgehead atoms. The lowest BCUT2D eigenvalue weighted by Gasteiger charge is -2.48. The summed E-state index contributed by atoms with van der Waals surface area (Å²) in [7, 11) is 1.67. The van der Waals surface area contributed by atoms with E-state index in [0.29, 0.717) is 18.9 Å². The number of fused-ring (bicyclic) bond motifs is 3. The van der Waals surface area contributed by atoms with E-state index in [0.717, 1.165) is 36.0 Å². The van der Waals surface area contributed by atoms with Crippen LogP contribution in [0.2, 0.25) is 0 Å². The molecule has 0 aliphatic carbocycles. The molecule has 0 unspecified atom stereocenters. The second-order valence-electron chi connectivity index (χ2n) is 9.23. The lowest BCUT2D eigenvalue weighted by Crippen LogP contribution is -2.60. The zero-order chi connectivity index (χ0) is 23.7. The fraction of sp³-hybridized carbons (Fsp3) is 0.423. The Morgan fingerprint density at radius 3 is 2.47 bits per heavy atom. The van der Waals surface area contributed by atoms with Gasteiger partial charge in [0.15, 0.2) is 11.5 Å². The maximum atomic E-state index is 13.3. The summed E-state index contributed by atoms with van der Waals surface area (Å²) in [5, 5.41) is 8.48. The number of carbonyl (C=O) groups excluding carboxylic acids is 2. The van der Waals surface area contributed by atoms with Gasteiger partial charge in [-0.2, -0.15) is 5.10 Å². The van der Waals surface area contributed by atoms with Gasteiger partial charge in [0.05, 0.1) is 32.4 Å². The molecular formula is C26H30N4O4. The quantitative estimate of drug-likeness (QED) is 0.581. The first-order valence-electron chi connectivity index (χ1n) is 11.7. The van der Waals surface area contributed by atoms with Crippen molar-refractivity contribution in [1.29, 1.82) is 0 Å². The molecule has 178 valence electrons. The average molecular weight is 463 g/mol. The number of benzene rings is 2. The molecule has 0 saturated carbocycles. The van der Waals surface area contributed by atoms with Crippen LogP contribution in [0.15, 0.2) is 48.5 Å². The number of nitrogens with one attached hydrogen (secondary N) is 1. The van der Waals surface area contributed by atoms with Crippen LogP contribution < -0.4 is 10.1 Å². The number of nitrogens with zero attached hydrogens (tertiary/aromatic N) is 3. The molecule has 5 rings (SSSR count). The zero-order valence-electron chi connectivity index (χ0n) is 19.6. The van der Waals surface area contributed by atoms with E-state index in [-0.39, 0.29) is 36.4 Å². The predicted octanol–water partition coefficient (Wildman–Crippen LogP) is 2.80. The molecule has 0 radical (unpaired) electrons. The number of hydrogen-bond acceptors (Lipinski definition) is 6. The van der Waals surface area contributed by atoms with E-state index in [9.17, 15) is 9.59 Å². The number of ether oxygens (including phenoxy) is 2. The van der Waals surface area contributed by atoms with Gasteiger partial charge in [0.2, 0.25) is 0 Å². The van der Waals surface area contributed by atoms with Crippen LogP contribution in [0, 0.1) is 0 Å². The second-order valence-corrected chi connectivity index (χ2v) is 9.23. The average Bonchev–Trinajstić information content (AvgIpc) is 3.18. The molecule has 0 spiro atoms. The summed E-state index contributed by atoms with van der Waals surface area (Å²) in [6.07, 6.45) is 1.65. The number of carbonyl (C=O) groups is 2. The lowest BCUT2D eigenvalue weighted by molar-refractivity contribution is -0.117. The van der Waals surface area contributed by atoms with Gasteiger partial charge in [0.1, 0.15) is 5.75 Å². The molecule has 2 fully saturated rings. The monoisotopic (exact) mass is 462 g/mol. The van der Waals surface area contributed by atoms with Crippen LogP contribution in [-0.2, 0) is 22.6 Å². The molecule has 3 aromatic rings. The Morgan fingerprint density at radius 2 is 1.79 bits per heavy atom. The summed E-state index contributed by atoms with van der Waals surface area (Å²) >= 11 is 0. The Morgan fingerprint density at radius 1 is 1.09 bits per heavy atom. The Balaban J connectivity index is 1.29. The van der Waals surface area contributed by atoms with Crippen molar-refractivity contribution in [2.45, 2.75) is 51.0 Å². The largest absolute Gasteiger partial charge is 0.497 e. The van der Waals surface area contributed by atoms with Crippen LogP contribution in [0.3, 0.4) is 0 Å². The molecule has 2 aliphatic rings. The van der Waals surface area contributed by atoms with E-state index >= 15 is 0 Å². The second kappa shape index (κ2) is 9.56. The molecule has 3 heterocycles. The number of methoxy groups -OCH3 is 1. The van der Waals surface area contributed by atoms with Crippen LogP contribution >= 0.6 is 0 Å². The zero-order valence-corrected chi connectivity index (χ0v) is 19.6. The fourth-order valence-electron chi connectivity index (χ4n) is 5.19. The highest BCUT2D eigenvalue weighted by Crippen LogP contribution is 2.30. The third kappa shape index (κ3) is 4.56. The van der Waals surface area contributed by atoms with Crippen molar-refractivity contribution in [1.82, 2.24) is 20.0 Å². The summed E-state index contributed by atoms with van der Waals surface area (Å²) in [5.41, 5.74) is 2.41. The van der Waals surface area contributed by atoms with Gasteiger partial charge in [-0.15, -0.1) is 0 Å². The number of aromatic nitrogens is 2. The van der Waals surface area contributed by atoms with Gasteiger partial charge < -0.3 is 14.8 Å². The molecule has 34 heavy (non-hydrogen) atoms. The maximum Gasteiger partial charge on any atom is 0.272 e. The smallest absolute Gasteiger partial charge is 0.272 e. The van der Waals surface area contributed by atoms with E-state index in [1.165, 1.54) is 12.5 Å². The number of hydrogen-bond donors (Lipinski definition) is 1. The van der Waals surface area contributed by atoms with Crippen molar-refractivity contribution in [3.63, 3.8) is 0 Å². The summed E-state index contributed by atoms with van der Waals surface area (Å²) in [6, 6.07) is 16.3. The van der Waals surface area contributed by atoms with E-state index in [4.69, 9.17) is 9.47 Å². The van der Waals surface area contributed by atoms with Gasteiger partial charge >= 0.3 is 0 Å². The number of para-hydroxylation sites is 1. The van der Waals surface area contributed by atoms with Crippen molar-refractivity contribution < 1.29 is 19.1 Å². The summed E-state index contributed by atoms with van der Waals surface area (Å²) < 4.78 is 12.7. The molecule has 8 heteroatoms. The number of piperidine rings is 1. The Kier molecular flexibility index (Phi) is 6.34. The first-order chi connectivity index (χ1) is 16.5. The van der Waals surface area contributed by atoms with Crippen molar-refractivity contribution in [3.05, 3.63) is 59.8 Å². The predicted molar refractivity (Wildman–Crippen MR) is 128 cm³/mol. The van der Waals surface area contributed by atoms with Crippen molar-refractivity contribution >= 4 is 22.6 Å². The SMILES string of the molecule is COc1ccc(CN2[C@@H]3COC[C@H]2C[C@@H](NC(=O)c2nn(CC(C)=O)c4ccccc24)C3)cc1. The number of amides is 1. The van der Waals surface area contributed by atoms with Crippen molar-refractivity contribution in [2.24, 2.45) is 0 Å². The molecule has 8 nitrogen and oxygen atoms in total. The molecule has 1 amide bonds. The van der Waals surface area contributed by atoms with Crippen molar-refractivity contribution in [3.8, 4) is 5.75 Å². The third-order valence-electron chi connectivity index (χ3n) is 6.78. The van der Waals surface area contributed by atoms with Gasteiger partial charge in [-0.1, -0.05) is 30.3 Å². The normalized spacial score (nSPS) is 22.5. The lowest BCUT2D eigenvalue weighted by atomic mass is 9.89. The molecule has 1 aromatic heterocycles. The molecule has 2 saturated heterocycles. The van der Waals surface area contributed by atoms with E-state index in [1.807, 2.05) is 36.4 Å². The minimum Gasteiger partial charge on any atom is -0.497 e. The van der Waals surface area contributed by atoms with Gasteiger partial charge in [-0.25, -0.2) is 0 Å². The third-order valence-corrected chi connectivity index (χ3v) is 6.78. The highest BCUT2D eigenvalue weighted by Gasteiger charge is 2.39. The molecule has 2 aliphatic heterocycles. The summed E-state index contributed by atoms with van der Waals surface area (Å²) in [5.74, 6) is 0.662. The van der Waals surface area contributed by atoms with Crippen LogP contribution in [0.1, 0.15) is 35.8 Å². The van der Waals surface area contributed by atoms with Crippen LogP contribution in [0.4, 0.5) is 0 Å². The van der Waals surface area contributed by atoms with Crippen LogP contribution in [-0.4, -0.2) is 64.8 Å². The number of morpholine rings is 1. The topological polar surface area (TPSA) is 85.7 Å². The van der Waals surface area contributed by atoms with Gasteiger partial charge in [0.25, 0.3) is 5.91 Å². The Bertz CT molecular complexity index is 1180. The maximum absolute atomic E-state index is 13.3. The van der Waals surface area contributed by atoms with Gasteiger partial charge in [-0.3, -0.25) is 19.2 Å². The minimum absolute atomic E-state index is 0.00253. The molecule has 2 aromatic carbocycles. The van der Waals surface area contributed by atoms with E-state index in [2.05, 4.69) is 27.4 Å². The summed E-state index contributed by atoms with van der Waals surface area (Å²) in [6.45, 7) is 3.85. The number of ketones is 1. The first kappa shape index (κ1) is 22.6. The summed E-state index contributed by atoms with van der Waals surface area (Å²) in [4.78, 5) is 27.4. The number of rotatable bonds is 7. The molecule has 1 N–H and O–H groups in total. The minimum atomic E-state index is -0.189. The highest BCUT2D eigenvalue weighted by atomic mass is 16.5. The standard InChI is InChI=1S/C26H30N4O4/c1-17(31)13-30-24-6-4-3-5-23(24)25(28-30)26(32)27-19-11-20-15-34-16-21(12-19)29(20)14-18-7-9-22(33-2)10-8-18/h3-10,19-21H,11-16H2,1-2H3,(H,27,32)/t19-,20-,21+. The van der Waals surface area contributed by atoms with Crippen LogP contribution in [0.5, 0.6) is 5.75 Å². The highest BCUT2D eigenvalue weighted by molar-refractivity contribution is 6.05. The van der Waals surface area contributed by atoms with E-state index < -0.39 is 0 Å². The van der Waals surface area contributed by atoms with Gasteiger partial charge in [0, 0.05) is 30.1 Å². The van der Waals surface area contributed by atoms with E-state index in [1.54, 1.807) is 11.8 Å². The first-order valence-corrected chi connectivity index (χ1v) is 11.7. The van der Waals surface area contributed by atoms with Crippen LogP contribution in [0.25, 0.3) is 10.9 Å². The Hall–Kier alpha value is -3.23. The Labute approximate surface area is 198 Å². The number of Topliss-reactive ketones (excluding diaryl/α,β-unsaturated/α-hetero) is 1.